The number of rotatable bonds is 1. The van der Waals surface area contributed by atoms with Crippen molar-refractivity contribution >= 4 is 0 Å². The minimum absolute atomic E-state index is 0.0747. The van der Waals surface area contributed by atoms with Gasteiger partial charge in [-0.2, -0.15) is 5.26 Å². The van der Waals surface area contributed by atoms with E-state index in [1.165, 1.54) is 24.2 Å². The number of aromatic nitrogens is 2. The Labute approximate surface area is 78.0 Å². The second-order valence-electron chi connectivity index (χ2n) is 3.56. The van der Waals surface area contributed by atoms with Crippen LogP contribution in [0.4, 0.5) is 0 Å². The molecule has 0 N–H and O–H groups in total. The number of nitrogens with zero attached hydrogens (tertiary/aromatic N) is 3. The van der Waals surface area contributed by atoms with Crippen molar-refractivity contribution in [2.75, 3.05) is 0 Å². The van der Waals surface area contributed by atoms with Crippen molar-refractivity contribution < 1.29 is 0 Å². The summed E-state index contributed by atoms with van der Waals surface area (Å²) in [4.78, 5) is 4.34. The van der Waals surface area contributed by atoms with E-state index in [0.717, 1.165) is 12.8 Å². The van der Waals surface area contributed by atoms with Crippen LogP contribution in [0.1, 0.15) is 37.2 Å². The zero-order valence-electron chi connectivity index (χ0n) is 7.82. The summed E-state index contributed by atoms with van der Waals surface area (Å²) in [5.41, 5.74) is 2.48. The first-order valence-corrected chi connectivity index (χ1v) is 4.77. The van der Waals surface area contributed by atoms with Crippen LogP contribution < -0.4 is 0 Å². The third-order valence-electron chi connectivity index (χ3n) is 2.66. The Hall–Kier alpha value is -1.30. The molecule has 0 radical (unpaired) electrons. The topological polar surface area (TPSA) is 41.6 Å². The van der Waals surface area contributed by atoms with E-state index < -0.39 is 0 Å². The molecule has 0 saturated heterocycles. The fourth-order valence-corrected chi connectivity index (χ4v) is 1.89. The van der Waals surface area contributed by atoms with Gasteiger partial charge in [-0.15, -0.1) is 0 Å². The van der Waals surface area contributed by atoms with Crippen molar-refractivity contribution in [1.82, 2.24) is 9.55 Å². The van der Waals surface area contributed by atoms with Crippen molar-refractivity contribution in [2.45, 2.75) is 38.6 Å². The van der Waals surface area contributed by atoms with Crippen molar-refractivity contribution in [2.24, 2.45) is 0 Å². The first kappa shape index (κ1) is 8.31. The van der Waals surface area contributed by atoms with Crippen molar-refractivity contribution in [3.05, 3.63) is 17.7 Å². The Kier molecular flexibility index (Phi) is 2.05. The lowest BCUT2D eigenvalue weighted by atomic mass is 10.0. The Balaban J connectivity index is 2.38. The summed E-state index contributed by atoms with van der Waals surface area (Å²) < 4.78 is 2.01. The van der Waals surface area contributed by atoms with E-state index in [1.807, 2.05) is 17.8 Å². The normalized spacial score (nSPS) is 17.5. The van der Waals surface area contributed by atoms with Crippen LogP contribution in [0.2, 0.25) is 0 Å². The van der Waals surface area contributed by atoms with Gasteiger partial charge in [-0.1, -0.05) is 0 Å². The second-order valence-corrected chi connectivity index (χ2v) is 3.56. The smallest absolute Gasteiger partial charge is 0.119 e. The van der Waals surface area contributed by atoms with Crippen LogP contribution in [-0.4, -0.2) is 9.55 Å². The molecule has 0 saturated carbocycles. The molecule has 3 heteroatoms. The Morgan fingerprint density at radius 2 is 2.31 bits per heavy atom. The zero-order chi connectivity index (χ0) is 9.26. The highest BCUT2D eigenvalue weighted by atomic mass is 15.1. The van der Waals surface area contributed by atoms with Crippen LogP contribution in [-0.2, 0) is 12.8 Å². The van der Waals surface area contributed by atoms with E-state index in [0.29, 0.717) is 0 Å². The molecular formula is C10H13N3. The van der Waals surface area contributed by atoms with Gasteiger partial charge < -0.3 is 4.57 Å². The fourth-order valence-electron chi connectivity index (χ4n) is 1.89. The zero-order valence-corrected chi connectivity index (χ0v) is 7.82. The summed E-state index contributed by atoms with van der Waals surface area (Å²) >= 11 is 0. The lowest BCUT2D eigenvalue weighted by molar-refractivity contribution is 0.589. The van der Waals surface area contributed by atoms with Crippen LogP contribution in [0.25, 0.3) is 0 Å². The molecule has 2 rings (SSSR count). The van der Waals surface area contributed by atoms with Crippen LogP contribution in [0, 0.1) is 11.3 Å². The van der Waals surface area contributed by atoms with E-state index in [1.54, 1.807) is 0 Å². The molecule has 0 spiro atoms. The maximum Gasteiger partial charge on any atom is 0.119 e. The molecule has 3 nitrogen and oxygen atoms in total. The highest BCUT2D eigenvalue weighted by Gasteiger charge is 2.17. The van der Waals surface area contributed by atoms with E-state index in [4.69, 9.17) is 5.26 Å². The first-order valence-electron chi connectivity index (χ1n) is 4.77. The molecule has 1 atom stereocenters. The lowest BCUT2D eigenvalue weighted by Gasteiger charge is -2.14. The molecule has 68 valence electrons. The number of imidazole rings is 1. The molecule has 0 fully saturated rings. The van der Waals surface area contributed by atoms with Crippen molar-refractivity contribution in [1.29, 1.82) is 5.26 Å². The molecule has 1 unspecified atom stereocenters. The van der Waals surface area contributed by atoms with E-state index in [9.17, 15) is 0 Å². The van der Waals surface area contributed by atoms with Gasteiger partial charge in [-0.05, 0) is 32.6 Å². The predicted molar refractivity (Wildman–Crippen MR) is 49.2 cm³/mol. The SMILES string of the molecule is CC(C#N)n1cnc2c1CCCC2. The van der Waals surface area contributed by atoms with Crippen LogP contribution in [0.3, 0.4) is 0 Å². The average Bonchev–Trinajstić information content (AvgIpc) is 2.60. The van der Waals surface area contributed by atoms with Gasteiger partial charge in [0.05, 0.1) is 18.1 Å². The van der Waals surface area contributed by atoms with E-state index in [-0.39, 0.29) is 6.04 Å². The summed E-state index contributed by atoms with van der Waals surface area (Å²) in [6.07, 6.45) is 6.45. The number of hydrogen-bond donors (Lipinski definition) is 0. The average molecular weight is 175 g/mol. The Morgan fingerprint density at radius 1 is 1.54 bits per heavy atom. The van der Waals surface area contributed by atoms with Crippen molar-refractivity contribution in [3.8, 4) is 6.07 Å². The summed E-state index contributed by atoms with van der Waals surface area (Å²) in [6.45, 7) is 1.91. The van der Waals surface area contributed by atoms with Gasteiger partial charge in [0.15, 0.2) is 0 Å². The molecule has 1 heterocycles. The molecule has 13 heavy (non-hydrogen) atoms. The van der Waals surface area contributed by atoms with Gasteiger partial charge in [0, 0.05) is 5.69 Å². The minimum Gasteiger partial charge on any atom is -0.318 e. The summed E-state index contributed by atoms with van der Waals surface area (Å²) in [5.74, 6) is 0. The van der Waals surface area contributed by atoms with Crippen LogP contribution in [0.15, 0.2) is 6.33 Å². The van der Waals surface area contributed by atoms with Crippen molar-refractivity contribution in [3.63, 3.8) is 0 Å². The van der Waals surface area contributed by atoms with E-state index in [2.05, 4.69) is 11.1 Å². The number of nitriles is 1. The van der Waals surface area contributed by atoms with Gasteiger partial charge in [0.1, 0.15) is 6.04 Å². The molecule has 0 aliphatic heterocycles. The molecule has 1 aliphatic rings. The second kappa shape index (κ2) is 3.21. The highest BCUT2D eigenvalue weighted by molar-refractivity contribution is 5.18. The van der Waals surface area contributed by atoms with Crippen LogP contribution in [0.5, 0.6) is 0 Å². The minimum atomic E-state index is -0.0747. The highest BCUT2D eigenvalue weighted by Crippen LogP contribution is 2.22. The van der Waals surface area contributed by atoms with Gasteiger partial charge in [-0.25, -0.2) is 4.98 Å². The number of aryl methyl sites for hydroxylation is 1. The van der Waals surface area contributed by atoms with E-state index >= 15 is 0 Å². The van der Waals surface area contributed by atoms with Gasteiger partial charge in [-0.3, -0.25) is 0 Å². The summed E-state index contributed by atoms with van der Waals surface area (Å²) in [6, 6.07) is 2.17. The third-order valence-corrected chi connectivity index (χ3v) is 2.66. The third kappa shape index (κ3) is 1.33. The summed E-state index contributed by atoms with van der Waals surface area (Å²) in [7, 11) is 0. The van der Waals surface area contributed by atoms with Gasteiger partial charge in [0.2, 0.25) is 0 Å². The monoisotopic (exact) mass is 175 g/mol. The largest absolute Gasteiger partial charge is 0.318 e. The lowest BCUT2D eigenvalue weighted by Crippen LogP contribution is -2.10. The predicted octanol–water partition coefficient (Wildman–Crippen LogP) is 1.85. The van der Waals surface area contributed by atoms with Crippen LogP contribution >= 0.6 is 0 Å². The standard InChI is InChI=1S/C10H13N3/c1-8(6-11)13-7-12-9-4-2-3-5-10(9)13/h7-8H,2-5H2,1H3. The molecule has 1 aromatic rings. The number of fused-ring (bicyclic) bond motifs is 1. The van der Waals surface area contributed by atoms with Gasteiger partial charge >= 0.3 is 0 Å². The molecular weight excluding hydrogens is 162 g/mol. The van der Waals surface area contributed by atoms with Gasteiger partial charge in [0.25, 0.3) is 0 Å². The summed E-state index contributed by atoms with van der Waals surface area (Å²) in [5, 5.41) is 8.81. The first-order chi connectivity index (χ1) is 6.33. The molecule has 0 bridgehead atoms. The molecule has 1 aliphatic carbocycles. The maximum absolute atomic E-state index is 8.81. The Morgan fingerprint density at radius 3 is 3.08 bits per heavy atom. The molecule has 0 amide bonds. The molecule has 1 aromatic heterocycles. The number of hydrogen-bond acceptors (Lipinski definition) is 2. The Bertz CT molecular complexity index is 346. The quantitative estimate of drug-likeness (QED) is 0.653. The molecule has 0 aromatic carbocycles. The fraction of sp³-hybridized carbons (Fsp3) is 0.600. The maximum atomic E-state index is 8.81.